The molecule has 1 saturated heterocycles. The third-order valence-corrected chi connectivity index (χ3v) is 6.67. The van der Waals surface area contributed by atoms with Gasteiger partial charge < -0.3 is 9.90 Å². The van der Waals surface area contributed by atoms with E-state index in [1.54, 1.807) is 0 Å². The van der Waals surface area contributed by atoms with Gasteiger partial charge in [-0.15, -0.1) is 0 Å². The van der Waals surface area contributed by atoms with Crippen LogP contribution in [0, 0.1) is 11.8 Å². The van der Waals surface area contributed by atoms with E-state index in [0.717, 1.165) is 31.0 Å². The zero-order valence-electron chi connectivity index (χ0n) is 18.1. The summed E-state index contributed by atoms with van der Waals surface area (Å²) in [7, 11) is 0. The van der Waals surface area contributed by atoms with Crippen LogP contribution in [0.2, 0.25) is 0 Å². The molecule has 1 aliphatic heterocycles. The average molecular weight is 485 g/mol. The fourth-order valence-corrected chi connectivity index (χ4v) is 4.93. The van der Waals surface area contributed by atoms with E-state index in [-0.39, 0.29) is 30.3 Å². The predicted molar refractivity (Wildman–Crippen MR) is 108 cm³/mol. The van der Waals surface area contributed by atoms with Gasteiger partial charge in [0.15, 0.2) is 0 Å². The van der Waals surface area contributed by atoms with Gasteiger partial charge >= 0.3 is 12.4 Å². The number of carboxylic acids is 1. The zero-order valence-corrected chi connectivity index (χ0v) is 18.1. The number of benzene rings is 1. The Hall–Kier alpha value is -2.62. The van der Waals surface area contributed by atoms with Crippen LogP contribution in [0.1, 0.15) is 66.6 Å². The second-order valence-electron chi connectivity index (χ2n) is 9.10. The molecule has 1 aromatic heterocycles. The molecule has 2 fully saturated rings. The minimum absolute atomic E-state index is 0.152. The van der Waals surface area contributed by atoms with Crippen molar-refractivity contribution in [3.05, 3.63) is 65.0 Å². The molecule has 2 heterocycles. The van der Waals surface area contributed by atoms with Crippen LogP contribution in [-0.4, -0.2) is 22.4 Å². The maximum Gasteiger partial charge on any atom is 0.433 e. The summed E-state index contributed by atoms with van der Waals surface area (Å²) in [6.45, 7) is 0.464. The molecule has 2 aliphatic rings. The number of nitrogens with zero attached hydrogens (tertiary/aromatic N) is 2. The highest BCUT2D eigenvalue weighted by molar-refractivity contribution is 5.64. The van der Waals surface area contributed by atoms with Crippen LogP contribution in [0.4, 0.5) is 26.3 Å². The number of hydrogen-bond donors (Lipinski definition) is 0. The van der Waals surface area contributed by atoms with Crippen molar-refractivity contribution in [2.24, 2.45) is 11.8 Å². The quantitative estimate of drug-likeness (QED) is 0.531. The molecular weight excluding hydrogens is 462 g/mol. The molecule has 4 nitrogen and oxygen atoms in total. The highest BCUT2D eigenvalue weighted by atomic mass is 19.4. The fraction of sp³-hybridized carbons (Fsp3) is 0.500. The molecule has 1 aliphatic carbocycles. The number of aliphatic carboxylic acids is 1. The van der Waals surface area contributed by atoms with Gasteiger partial charge in [-0.2, -0.15) is 26.3 Å². The first-order chi connectivity index (χ1) is 15.9. The Balaban J connectivity index is 1.67. The Labute approximate surface area is 192 Å². The van der Waals surface area contributed by atoms with Gasteiger partial charge in [-0.25, -0.2) is 0 Å². The minimum atomic E-state index is -4.56. The number of likely N-dealkylation sites (tertiary alicyclic amines) is 1. The second kappa shape index (κ2) is 9.20. The van der Waals surface area contributed by atoms with E-state index in [1.807, 2.05) is 0 Å². The summed E-state index contributed by atoms with van der Waals surface area (Å²) in [5, 5.41) is 11.2. The third-order valence-electron chi connectivity index (χ3n) is 6.67. The smallest absolute Gasteiger partial charge is 0.433 e. The van der Waals surface area contributed by atoms with Crippen LogP contribution in [-0.2, 0) is 17.1 Å². The van der Waals surface area contributed by atoms with Gasteiger partial charge in [0.25, 0.3) is 0 Å². The van der Waals surface area contributed by atoms with Gasteiger partial charge in [-0.1, -0.05) is 18.2 Å². The Morgan fingerprint density at radius 2 is 1.68 bits per heavy atom. The normalized spacial score (nSPS) is 23.0. The molecule has 0 bridgehead atoms. The summed E-state index contributed by atoms with van der Waals surface area (Å²) in [4.78, 5) is 16.9. The predicted octanol–water partition coefficient (Wildman–Crippen LogP) is 5.16. The first-order valence-electron chi connectivity index (χ1n) is 11.1. The number of rotatable bonds is 6. The highest BCUT2D eigenvalue weighted by Gasteiger charge is 2.43. The SMILES string of the molecule is O=C([O-])C[C@@H]1CCN([C@@H](c2ccc(C(F)(F)F)nc2)C2CC2)[C@H](c2ccc(C(F)(F)F)cc2)C1. The summed E-state index contributed by atoms with van der Waals surface area (Å²) in [5.74, 6) is -1.21. The highest BCUT2D eigenvalue weighted by Crippen LogP contribution is 2.50. The largest absolute Gasteiger partial charge is 0.550 e. The van der Waals surface area contributed by atoms with Crippen molar-refractivity contribution in [1.82, 2.24) is 9.88 Å². The number of piperidine rings is 1. The van der Waals surface area contributed by atoms with Crippen molar-refractivity contribution in [2.75, 3.05) is 6.54 Å². The Bertz CT molecular complexity index is 1000. The van der Waals surface area contributed by atoms with Crippen LogP contribution in [0.25, 0.3) is 0 Å². The van der Waals surface area contributed by atoms with Gasteiger partial charge in [0, 0.05) is 24.2 Å². The first-order valence-corrected chi connectivity index (χ1v) is 11.1. The van der Waals surface area contributed by atoms with E-state index < -0.39 is 29.6 Å². The standard InChI is InChI=1S/C24H24F6N2O2/c25-23(26,27)18-6-3-15(4-7-18)19-11-14(12-21(33)34)9-10-32(19)22(16-1-2-16)17-5-8-20(31-13-17)24(28,29)30/h3-8,13-14,16,19,22H,1-2,9-12H2,(H,33,34)/p-1/t14-,19+,22-/m1/s1. The van der Waals surface area contributed by atoms with E-state index >= 15 is 0 Å². The van der Waals surface area contributed by atoms with E-state index in [0.29, 0.717) is 30.5 Å². The molecule has 2 aromatic rings. The van der Waals surface area contributed by atoms with Crippen LogP contribution in [0.3, 0.4) is 0 Å². The molecule has 10 heteroatoms. The Morgan fingerprint density at radius 1 is 1.00 bits per heavy atom. The van der Waals surface area contributed by atoms with E-state index in [4.69, 9.17) is 0 Å². The van der Waals surface area contributed by atoms with Crippen molar-refractivity contribution in [1.29, 1.82) is 0 Å². The van der Waals surface area contributed by atoms with E-state index in [1.165, 1.54) is 24.4 Å². The minimum Gasteiger partial charge on any atom is -0.550 e. The van der Waals surface area contributed by atoms with Crippen LogP contribution in [0.5, 0.6) is 0 Å². The summed E-state index contributed by atoms with van der Waals surface area (Å²) in [6.07, 6.45) is -5.26. The number of halogens is 6. The molecule has 0 unspecified atom stereocenters. The van der Waals surface area contributed by atoms with Crippen molar-refractivity contribution in [3.63, 3.8) is 0 Å². The van der Waals surface area contributed by atoms with Crippen molar-refractivity contribution in [3.8, 4) is 0 Å². The van der Waals surface area contributed by atoms with Crippen molar-refractivity contribution >= 4 is 5.97 Å². The number of carbonyl (C=O) groups excluding carboxylic acids is 1. The molecule has 34 heavy (non-hydrogen) atoms. The lowest BCUT2D eigenvalue weighted by Crippen LogP contribution is -2.41. The van der Waals surface area contributed by atoms with Crippen LogP contribution < -0.4 is 5.11 Å². The van der Waals surface area contributed by atoms with E-state index in [9.17, 15) is 36.2 Å². The van der Waals surface area contributed by atoms with Gasteiger partial charge in [0.1, 0.15) is 5.69 Å². The Kier molecular flexibility index (Phi) is 6.63. The molecule has 0 radical (unpaired) electrons. The molecule has 1 aromatic carbocycles. The topological polar surface area (TPSA) is 56.3 Å². The van der Waals surface area contributed by atoms with Gasteiger partial charge in [-0.3, -0.25) is 9.88 Å². The van der Waals surface area contributed by atoms with Crippen LogP contribution in [0.15, 0.2) is 42.6 Å². The van der Waals surface area contributed by atoms with Crippen molar-refractivity contribution < 1.29 is 36.2 Å². The lowest BCUT2D eigenvalue weighted by molar-refractivity contribution is -0.307. The van der Waals surface area contributed by atoms with E-state index in [2.05, 4.69) is 9.88 Å². The summed E-state index contributed by atoms with van der Waals surface area (Å²) >= 11 is 0. The maximum absolute atomic E-state index is 13.1. The second-order valence-corrected chi connectivity index (χ2v) is 9.10. The summed E-state index contributed by atoms with van der Waals surface area (Å²) in [5.41, 5.74) is -0.541. The molecule has 1 saturated carbocycles. The molecule has 4 rings (SSSR count). The third kappa shape index (κ3) is 5.54. The first kappa shape index (κ1) is 24.5. The zero-order chi connectivity index (χ0) is 24.7. The molecular formula is C24H23F6N2O2-. The maximum atomic E-state index is 13.1. The summed E-state index contributed by atoms with van der Waals surface area (Å²) < 4.78 is 78.1. The fourth-order valence-electron chi connectivity index (χ4n) is 4.93. The Morgan fingerprint density at radius 3 is 2.18 bits per heavy atom. The van der Waals surface area contributed by atoms with Gasteiger partial charge in [-0.05, 0) is 79.8 Å². The molecule has 3 atom stereocenters. The van der Waals surface area contributed by atoms with Gasteiger partial charge in [0.2, 0.25) is 0 Å². The van der Waals surface area contributed by atoms with Crippen molar-refractivity contribution in [2.45, 2.75) is 56.5 Å². The number of carbonyl (C=O) groups is 1. The monoisotopic (exact) mass is 485 g/mol. The van der Waals surface area contributed by atoms with Crippen LogP contribution >= 0.6 is 0 Å². The molecule has 0 N–H and O–H groups in total. The number of aromatic nitrogens is 1. The number of hydrogen-bond acceptors (Lipinski definition) is 4. The molecule has 0 amide bonds. The van der Waals surface area contributed by atoms with Gasteiger partial charge in [0.05, 0.1) is 5.56 Å². The summed E-state index contributed by atoms with van der Waals surface area (Å²) in [6, 6.07) is 6.52. The number of carboxylic acid groups (broad SMARTS) is 1. The lowest BCUT2D eigenvalue weighted by Gasteiger charge is -2.45. The number of pyridine rings is 1. The lowest BCUT2D eigenvalue weighted by atomic mass is 9.83. The molecule has 0 spiro atoms. The molecule has 184 valence electrons. The number of alkyl halides is 6. The average Bonchev–Trinajstić information content (AvgIpc) is 3.59.